The molecule has 0 spiro atoms. The quantitative estimate of drug-likeness (QED) is 0.467. The van der Waals surface area contributed by atoms with Crippen molar-refractivity contribution in [2.75, 3.05) is 38.1 Å². The number of nitrogens with one attached hydrogen (secondary N) is 1. The van der Waals surface area contributed by atoms with Crippen LogP contribution in [0.1, 0.15) is 80.7 Å². The number of hydrogen-bond donors (Lipinski definition) is 2. The number of benzene rings is 1. The number of rotatable bonds is 7. The van der Waals surface area contributed by atoms with Crippen LogP contribution in [0, 0.1) is 22.7 Å². The van der Waals surface area contributed by atoms with Gasteiger partial charge in [0.2, 0.25) is 0 Å². The predicted molar refractivity (Wildman–Crippen MR) is 150 cm³/mol. The van der Waals surface area contributed by atoms with Crippen LogP contribution in [-0.4, -0.2) is 76.6 Å². The highest BCUT2D eigenvalue weighted by molar-refractivity contribution is 5.68. The number of ether oxygens (including phenoxy) is 2. The average Bonchev–Trinajstić information content (AvgIpc) is 2.78. The van der Waals surface area contributed by atoms with Gasteiger partial charge in [-0.05, 0) is 85.1 Å². The van der Waals surface area contributed by atoms with Crippen LogP contribution in [0.25, 0.3) is 0 Å². The molecule has 1 aromatic carbocycles. The van der Waals surface area contributed by atoms with Crippen LogP contribution >= 0.6 is 0 Å². The summed E-state index contributed by atoms with van der Waals surface area (Å²) in [5.41, 5.74) is -0.230. The second kappa shape index (κ2) is 13.7. The molecule has 1 amide bonds. The van der Waals surface area contributed by atoms with Gasteiger partial charge in [-0.3, -0.25) is 4.90 Å². The lowest BCUT2D eigenvalue weighted by molar-refractivity contribution is 0.000340. The Bertz CT molecular complexity index is 996. The molecule has 0 aliphatic carbocycles. The molecule has 9 heteroatoms. The van der Waals surface area contributed by atoms with Gasteiger partial charge in [-0.2, -0.15) is 10.5 Å². The number of amides is 1. The van der Waals surface area contributed by atoms with Crippen LogP contribution in [0.3, 0.4) is 0 Å². The highest BCUT2D eigenvalue weighted by Gasteiger charge is 2.30. The van der Waals surface area contributed by atoms with E-state index in [9.17, 15) is 10.1 Å². The van der Waals surface area contributed by atoms with Crippen LogP contribution in [0.2, 0.25) is 0 Å². The van der Waals surface area contributed by atoms with Gasteiger partial charge in [0.25, 0.3) is 0 Å². The van der Waals surface area contributed by atoms with E-state index in [4.69, 9.17) is 19.8 Å². The summed E-state index contributed by atoms with van der Waals surface area (Å²) < 4.78 is 11.7. The Balaban J connectivity index is 0.00000107. The number of anilines is 1. The Hall–Kier alpha value is -3.01. The zero-order valence-electron chi connectivity index (χ0n) is 24.9. The van der Waals surface area contributed by atoms with Crippen molar-refractivity contribution in [3.8, 4) is 17.9 Å². The minimum Gasteiger partial charge on any atom is -0.492 e. The third-order valence-corrected chi connectivity index (χ3v) is 5.65. The van der Waals surface area contributed by atoms with Crippen LogP contribution in [0.15, 0.2) is 18.2 Å². The van der Waals surface area contributed by atoms with E-state index in [1.165, 1.54) is 13.8 Å². The van der Waals surface area contributed by atoms with E-state index in [0.717, 1.165) is 36.6 Å². The second-order valence-corrected chi connectivity index (χ2v) is 12.1. The molecule has 2 rings (SSSR count). The van der Waals surface area contributed by atoms with Gasteiger partial charge in [0, 0.05) is 37.9 Å². The first-order chi connectivity index (χ1) is 17.4. The highest BCUT2D eigenvalue weighted by Crippen LogP contribution is 2.30. The van der Waals surface area contributed by atoms with Crippen molar-refractivity contribution in [2.24, 2.45) is 0 Å². The summed E-state index contributed by atoms with van der Waals surface area (Å²) >= 11 is 0. The predicted octanol–water partition coefficient (Wildman–Crippen LogP) is 5.12. The third kappa shape index (κ3) is 12.0. The number of carbonyl (C=O) groups excluding carboxylic acids is 1. The maximum Gasteiger partial charge on any atom is 0.410 e. The fraction of sp³-hybridized carbons (Fsp3) is 0.690. The molecular weight excluding hydrogens is 482 g/mol. The standard InChI is InChI=1S/C25H40N4O3.C4H7NO/c1-18(2)21-15-20(27-25(7,8)17-26)9-10-22(21)31-14-13-28-11-12-29(19(3)16-28)23(30)32-24(4,5)6;1-4(2,6)3-5/h9-10,15,18-19,27H,11-14,16H2,1-8H3;6H,1-2H3/t19-;/m1./s1. The van der Waals surface area contributed by atoms with Crippen molar-refractivity contribution in [3.05, 3.63) is 23.8 Å². The Morgan fingerprint density at radius 1 is 1.13 bits per heavy atom. The van der Waals surface area contributed by atoms with Crippen molar-refractivity contribution in [3.63, 3.8) is 0 Å². The Morgan fingerprint density at radius 3 is 2.21 bits per heavy atom. The first kappa shape index (κ1) is 33.0. The average molecular weight is 530 g/mol. The molecule has 0 aromatic heterocycles. The van der Waals surface area contributed by atoms with E-state index in [2.05, 4.69) is 43.1 Å². The van der Waals surface area contributed by atoms with Crippen molar-refractivity contribution >= 4 is 11.8 Å². The van der Waals surface area contributed by atoms with Gasteiger partial charge in [-0.25, -0.2) is 4.79 Å². The van der Waals surface area contributed by atoms with Crippen LogP contribution < -0.4 is 10.1 Å². The molecule has 1 aliphatic heterocycles. The van der Waals surface area contributed by atoms with E-state index in [-0.39, 0.29) is 12.1 Å². The maximum atomic E-state index is 12.4. The summed E-state index contributed by atoms with van der Waals surface area (Å²) in [4.78, 5) is 16.5. The van der Waals surface area contributed by atoms with Crippen LogP contribution in [0.5, 0.6) is 5.75 Å². The van der Waals surface area contributed by atoms with Gasteiger partial charge >= 0.3 is 6.09 Å². The van der Waals surface area contributed by atoms with E-state index < -0.39 is 16.7 Å². The number of hydrogen-bond acceptors (Lipinski definition) is 8. The van der Waals surface area contributed by atoms with Crippen LogP contribution in [-0.2, 0) is 4.74 Å². The normalized spacial score (nSPS) is 16.6. The molecule has 9 nitrogen and oxygen atoms in total. The van der Waals surface area contributed by atoms with Gasteiger partial charge in [0.05, 0.1) is 12.1 Å². The van der Waals surface area contributed by atoms with Crippen LogP contribution in [0.4, 0.5) is 10.5 Å². The molecule has 1 heterocycles. The molecule has 0 unspecified atom stereocenters. The molecule has 2 N–H and O–H groups in total. The molecule has 1 atom stereocenters. The summed E-state index contributed by atoms with van der Waals surface area (Å²) in [6, 6.07) is 10.0. The number of nitriles is 2. The molecule has 1 aliphatic rings. The molecule has 1 aromatic rings. The summed E-state index contributed by atoms with van der Waals surface area (Å²) in [6.07, 6.45) is -0.240. The van der Waals surface area contributed by atoms with Gasteiger partial charge < -0.3 is 24.8 Å². The van der Waals surface area contributed by atoms with Crippen molar-refractivity contribution in [1.29, 1.82) is 10.5 Å². The third-order valence-electron chi connectivity index (χ3n) is 5.65. The fourth-order valence-corrected chi connectivity index (χ4v) is 3.71. The zero-order valence-corrected chi connectivity index (χ0v) is 24.9. The molecule has 0 bridgehead atoms. The molecule has 38 heavy (non-hydrogen) atoms. The summed E-state index contributed by atoms with van der Waals surface area (Å²) in [7, 11) is 0. The van der Waals surface area contributed by atoms with Gasteiger partial charge in [0.1, 0.15) is 29.1 Å². The van der Waals surface area contributed by atoms with E-state index in [0.29, 0.717) is 19.1 Å². The lowest BCUT2D eigenvalue weighted by Crippen LogP contribution is -2.55. The first-order valence-electron chi connectivity index (χ1n) is 13.2. The fourth-order valence-electron chi connectivity index (χ4n) is 3.71. The Labute approximate surface area is 229 Å². The maximum absolute atomic E-state index is 12.4. The molecule has 1 fully saturated rings. The summed E-state index contributed by atoms with van der Waals surface area (Å²) in [6.45, 7) is 22.2. The molecule has 0 radical (unpaired) electrons. The van der Waals surface area contributed by atoms with E-state index >= 15 is 0 Å². The second-order valence-electron chi connectivity index (χ2n) is 12.1. The molecule has 1 saturated heterocycles. The lowest BCUT2D eigenvalue weighted by atomic mass is 10.00. The van der Waals surface area contributed by atoms with Crippen molar-refractivity contribution in [2.45, 2.75) is 97.9 Å². The molecule has 212 valence electrons. The monoisotopic (exact) mass is 529 g/mol. The number of nitrogens with zero attached hydrogens (tertiary/aromatic N) is 4. The lowest BCUT2D eigenvalue weighted by Gasteiger charge is -2.40. The molecule has 0 saturated carbocycles. The summed E-state index contributed by atoms with van der Waals surface area (Å²) in [5.74, 6) is 1.18. The number of aliphatic hydroxyl groups is 1. The SMILES string of the molecule is CC(C)(O)C#N.CC(C)c1cc(NC(C)(C)C#N)ccc1OCCN1CCN(C(=O)OC(C)(C)C)[C@H](C)C1. The Morgan fingerprint density at radius 2 is 1.74 bits per heavy atom. The topological polar surface area (TPSA) is 122 Å². The molecular formula is C29H47N5O4. The van der Waals surface area contributed by atoms with Gasteiger partial charge in [-0.15, -0.1) is 0 Å². The Kier molecular flexibility index (Phi) is 11.9. The van der Waals surface area contributed by atoms with E-state index in [1.807, 2.05) is 51.7 Å². The highest BCUT2D eigenvalue weighted by atomic mass is 16.6. The minimum absolute atomic E-state index is 0.0960. The largest absolute Gasteiger partial charge is 0.492 e. The van der Waals surface area contributed by atoms with E-state index in [1.54, 1.807) is 6.07 Å². The first-order valence-corrected chi connectivity index (χ1v) is 13.2. The van der Waals surface area contributed by atoms with Crippen molar-refractivity contribution < 1.29 is 19.4 Å². The summed E-state index contributed by atoms with van der Waals surface area (Å²) in [5, 5.41) is 28.9. The number of piperazine rings is 1. The zero-order chi connectivity index (χ0) is 29.3. The van der Waals surface area contributed by atoms with Crippen molar-refractivity contribution in [1.82, 2.24) is 9.80 Å². The minimum atomic E-state index is -1.15. The number of carbonyl (C=O) groups is 1. The van der Waals surface area contributed by atoms with Gasteiger partial charge in [-0.1, -0.05) is 13.8 Å². The smallest absolute Gasteiger partial charge is 0.410 e. The van der Waals surface area contributed by atoms with Gasteiger partial charge in [0.15, 0.2) is 0 Å².